The number of nitrogens with two attached hydrogens (primary N) is 1. The number of halogens is 1. The highest BCUT2D eigenvalue weighted by molar-refractivity contribution is 7.89. The average molecular weight is 402 g/mol. The third-order valence-electron chi connectivity index (χ3n) is 4.68. The standard InChI is InChI=1S/C20H23FN4O2S/c1-14-20(15-5-4-6-17(11-15)28(26,27)24(2)3)18-8-10-23-12-19(18)25(14)13-16(21)7-9-22/h4-8,10-12H,9,13,22H2,1-3H3/b16-7-. The second kappa shape index (κ2) is 7.83. The molecule has 0 amide bonds. The lowest BCUT2D eigenvalue weighted by atomic mass is 10.0. The van der Waals surface area contributed by atoms with Crippen LogP contribution in [0, 0.1) is 6.92 Å². The first-order valence-electron chi connectivity index (χ1n) is 8.77. The van der Waals surface area contributed by atoms with Gasteiger partial charge in [0.05, 0.1) is 23.2 Å². The van der Waals surface area contributed by atoms with Crippen LogP contribution >= 0.6 is 0 Å². The van der Waals surface area contributed by atoms with Gasteiger partial charge in [0.15, 0.2) is 0 Å². The molecule has 0 aliphatic rings. The first kappa shape index (κ1) is 20.2. The summed E-state index contributed by atoms with van der Waals surface area (Å²) in [6, 6.07) is 8.64. The topological polar surface area (TPSA) is 81.2 Å². The lowest BCUT2D eigenvalue weighted by Crippen LogP contribution is -2.22. The average Bonchev–Trinajstić information content (AvgIpc) is 2.94. The number of hydrogen-bond acceptors (Lipinski definition) is 4. The fourth-order valence-electron chi connectivity index (χ4n) is 3.26. The molecule has 0 aliphatic heterocycles. The predicted molar refractivity (Wildman–Crippen MR) is 109 cm³/mol. The number of allylic oxidation sites excluding steroid dienone is 1. The molecule has 0 fully saturated rings. The fourth-order valence-corrected chi connectivity index (χ4v) is 4.21. The third-order valence-corrected chi connectivity index (χ3v) is 6.49. The van der Waals surface area contributed by atoms with Crippen LogP contribution in [0.1, 0.15) is 5.69 Å². The molecule has 1 aromatic carbocycles. The molecule has 2 N–H and O–H groups in total. The lowest BCUT2D eigenvalue weighted by Gasteiger charge is -2.13. The maximum absolute atomic E-state index is 14.2. The van der Waals surface area contributed by atoms with E-state index in [0.717, 1.165) is 27.7 Å². The van der Waals surface area contributed by atoms with Crippen molar-refractivity contribution in [3.05, 3.63) is 60.3 Å². The second-order valence-electron chi connectivity index (χ2n) is 6.64. The van der Waals surface area contributed by atoms with Crippen molar-refractivity contribution in [1.82, 2.24) is 13.9 Å². The van der Waals surface area contributed by atoms with Crippen molar-refractivity contribution in [3.63, 3.8) is 0 Å². The van der Waals surface area contributed by atoms with Gasteiger partial charge in [-0.3, -0.25) is 4.98 Å². The molecule has 0 aliphatic carbocycles. The Morgan fingerprint density at radius 3 is 2.75 bits per heavy atom. The maximum Gasteiger partial charge on any atom is 0.242 e. The SMILES string of the molecule is Cc1c(-c2cccc(S(=O)(=O)N(C)C)c2)c2ccncc2n1C/C(F)=C/CN. The van der Waals surface area contributed by atoms with E-state index in [9.17, 15) is 12.8 Å². The molecule has 0 spiro atoms. The Kier molecular flexibility index (Phi) is 5.64. The molecule has 3 rings (SSSR count). The van der Waals surface area contributed by atoms with Crippen LogP contribution in [-0.4, -0.2) is 42.9 Å². The summed E-state index contributed by atoms with van der Waals surface area (Å²) < 4.78 is 42.2. The molecule has 28 heavy (non-hydrogen) atoms. The summed E-state index contributed by atoms with van der Waals surface area (Å²) in [7, 11) is -0.567. The largest absolute Gasteiger partial charge is 0.336 e. The van der Waals surface area contributed by atoms with Gasteiger partial charge in [-0.1, -0.05) is 12.1 Å². The van der Waals surface area contributed by atoms with Crippen LogP contribution in [0.4, 0.5) is 4.39 Å². The first-order valence-corrected chi connectivity index (χ1v) is 10.2. The molecule has 0 saturated carbocycles. The van der Waals surface area contributed by atoms with Crippen molar-refractivity contribution in [2.45, 2.75) is 18.4 Å². The molecule has 3 aromatic rings. The Bertz CT molecular complexity index is 1150. The number of nitrogens with zero attached hydrogens (tertiary/aromatic N) is 3. The third kappa shape index (κ3) is 3.58. The van der Waals surface area contributed by atoms with Crippen LogP contribution in [0.3, 0.4) is 0 Å². The smallest absolute Gasteiger partial charge is 0.242 e. The first-order chi connectivity index (χ1) is 13.3. The summed E-state index contributed by atoms with van der Waals surface area (Å²) in [5.41, 5.74) is 8.61. The summed E-state index contributed by atoms with van der Waals surface area (Å²) in [5, 5.41) is 0.882. The van der Waals surface area contributed by atoms with Gasteiger partial charge < -0.3 is 10.3 Å². The van der Waals surface area contributed by atoms with Gasteiger partial charge in [0, 0.05) is 43.5 Å². The van der Waals surface area contributed by atoms with E-state index >= 15 is 0 Å². The molecule has 6 nitrogen and oxygen atoms in total. The Labute approximate surface area is 164 Å². The quantitative estimate of drug-likeness (QED) is 0.687. The van der Waals surface area contributed by atoms with Gasteiger partial charge >= 0.3 is 0 Å². The number of rotatable bonds is 6. The number of hydrogen-bond donors (Lipinski definition) is 1. The van der Waals surface area contributed by atoms with Gasteiger partial charge in [-0.2, -0.15) is 0 Å². The van der Waals surface area contributed by atoms with Crippen molar-refractivity contribution in [2.24, 2.45) is 5.73 Å². The van der Waals surface area contributed by atoms with Crippen LogP contribution in [0.15, 0.2) is 59.5 Å². The van der Waals surface area contributed by atoms with Gasteiger partial charge in [0.25, 0.3) is 0 Å². The molecule has 2 aromatic heterocycles. The zero-order valence-corrected chi connectivity index (χ0v) is 16.9. The molecule has 8 heteroatoms. The molecular formula is C20H23FN4O2S. The Morgan fingerprint density at radius 1 is 1.32 bits per heavy atom. The van der Waals surface area contributed by atoms with E-state index in [4.69, 9.17) is 5.73 Å². The summed E-state index contributed by atoms with van der Waals surface area (Å²) in [6.45, 7) is 2.05. The fraction of sp³-hybridized carbons (Fsp3) is 0.250. The molecule has 0 saturated heterocycles. The van der Waals surface area contributed by atoms with E-state index in [-0.39, 0.29) is 23.8 Å². The summed E-state index contributed by atoms with van der Waals surface area (Å²) in [5.74, 6) is -0.332. The Hall–Kier alpha value is -2.55. The van der Waals surface area contributed by atoms with Crippen molar-refractivity contribution in [2.75, 3.05) is 20.6 Å². The molecule has 0 unspecified atom stereocenters. The summed E-state index contributed by atoms with van der Waals surface area (Å²) in [6.07, 6.45) is 4.69. The van der Waals surface area contributed by atoms with Gasteiger partial charge in [-0.05, 0) is 36.8 Å². The van der Waals surface area contributed by atoms with Crippen molar-refractivity contribution >= 4 is 20.9 Å². The number of sulfonamides is 1. The van der Waals surface area contributed by atoms with E-state index < -0.39 is 10.0 Å². The number of aromatic nitrogens is 2. The van der Waals surface area contributed by atoms with Crippen LogP contribution < -0.4 is 5.73 Å². The van der Waals surface area contributed by atoms with Gasteiger partial charge in [0.1, 0.15) is 5.83 Å². The van der Waals surface area contributed by atoms with Crippen molar-refractivity contribution < 1.29 is 12.8 Å². The minimum Gasteiger partial charge on any atom is -0.336 e. The summed E-state index contributed by atoms with van der Waals surface area (Å²) in [4.78, 5) is 4.37. The van der Waals surface area contributed by atoms with Crippen LogP contribution in [-0.2, 0) is 16.6 Å². The highest BCUT2D eigenvalue weighted by atomic mass is 32.2. The van der Waals surface area contributed by atoms with E-state index in [1.165, 1.54) is 24.5 Å². The number of benzene rings is 1. The highest BCUT2D eigenvalue weighted by Crippen LogP contribution is 2.35. The van der Waals surface area contributed by atoms with Gasteiger partial charge in [0.2, 0.25) is 10.0 Å². The summed E-state index contributed by atoms with van der Waals surface area (Å²) >= 11 is 0. The molecule has 0 bridgehead atoms. The monoisotopic (exact) mass is 402 g/mol. The van der Waals surface area contributed by atoms with Crippen molar-refractivity contribution in [1.29, 1.82) is 0 Å². The second-order valence-corrected chi connectivity index (χ2v) is 8.79. The van der Waals surface area contributed by atoms with E-state index in [1.807, 2.05) is 23.6 Å². The molecule has 0 atom stereocenters. The van der Waals surface area contributed by atoms with E-state index in [0.29, 0.717) is 0 Å². The normalized spacial score (nSPS) is 12.9. The van der Waals surface area contributed by atoms with Crippen LogP contribution in [0.25, 0.3) is 22.0 Å². The predicted octanol–water partition coefficient (Wildman–Crippen LogP) is 3.07. The maximum atomic E-state index is 14.2. The minimum atomic E-state index is -3.56. The molecule has 0 radical (unpaired) electrons. The highest BCUT2D eigenvalue weighted by Gasteiger charge is 2.21. The van der Waals surface area contributed by atoms with Crippen molar-refractivity contribution in [3.8, 4) is 11.1 Å². The van der Waals surface area contributed by atoms with Crippen LogP contribution in [0.5, 0.6) is 0 Å². The molecular weight excluding hydrogens is 379 g/mol. The lowest BCUT2D eigenvalue weighted by molar-refractivity contribution is 0.521. The minimum absolute atomic E-state index is 0.0426. The molecule has 148 valence electrons. The van der Waals surface area contributed by atoms with Gasteiger partial charge in [-0.15, -0.1) is 0 Å². The molecule has 2 heterocycles. The zero-order chi connectivity index (χ0) is 20.5. The number of pyridine rings is 1. The number of fused-ring (bicyclic) bond motifs is 1. The Balaban J connectivity index is 2.23. The van der Waals surface area contributed by atoms with E-state index in [2.05, 4.69) is 4.98 Å². The van der Waals surface area contributed by atoms with E-state index in [1.54, 1.807) is 30.6 Å². The van der Waals surface area contributed by atoms with Crippen LogP contribution in [0.2, 0.25) is 0 Å². The zero-order valence-electron chi connectivity index (χ0n) is 16.1. The van der Waals surface area contributed by atoms with Gasteiger partial charge in [-0.25, -0.2) is 17.1 Å². The Morgan fingerprint density at radius 2 is 2.07 bits per heavy atom.